The predicted molar refractivity (Wildman–Crippen MR) is 193 cm³/mol. The van der Waals surface area contributed by atoms with Crippen molar-refractivity contribution in [3.63, 3.8) is 0 Å². The van der Waals surface area contributed by atoms with E-state index in [0.29, 0.717) is 29.6 Å². The van der Waals surface area contributed by atoms with Crippen molar-refractivity contribution in [3.8, 4) is 11.5 Å². The van der Waals surface area contributed by atoms with Crippen LogP contribution in [0.15, 0.2) is 118 Å². The topological polar surface area (TPSA) is 154 Å². The highest BCUT2D eigenvalue weighted by molar-refractivity contribution is 7.99. The number of phenols is 1. The Labute approximate surface area is 294 Å². The van der Waals surface area contributed by atoms with Gasteiger partial charge in [0.1, 0.15) is 17.1 Å². The monoisotopic (exact) mass is 701 g/mol. The number of fused-ring (bicyclic) bond motifs is 2. The van der Waals surface area contributed by atoms with E-state index in [2.05, 4.69) is 65.6 Å². The van der Waals surface area contributed by atoms with Crippen LogP contribution in [0, 0.1) is 0 Å². The average molecular weight is 702 g/mol. The highest BCUT2D eigenvalue weighted by Crippen LogP contribution is 2.44. The second-order valence-electron chi connectivity index (χ2n) is 11.2. The van der Waals surface area contributed by atoms with Crippen LogP contribution in [0.3, 0.4) is 0 Å². The number of carboxylic acids is 2. The highest BCUT2D eigenvalue weighted by atomic mass is 32.2. The number of esters is 1. The van der Waals surface area contributed by atoms with Crippen LogP contribution in [-0.2, 0) is 16.0 Å². The van der Waals surface area contributed by atoms with Gasteiger partial charge in [-0.25, -0.2) is 14.4 Å². The summed E-state index contributed by atoms with van der Waals surface area (Å²) in [5.41, 5.74) is 8.96. The fourth-order valence-corrected chi connectivity index (χ4v) is 6.75. The Morgan fingerprint density at radius 1 is 0.857 bits per heavy atom. The Bertz CT molecular complexity index is 1760. The summed E-state index contributed by atoms with van der Waals surface area (Å²) in [7, 11) is 2.23. The molecule has 10 nitrogen and oxygen atoms in total. The Kier molecular flexibility index (Phi) is 13.7. The lowest BCUT2D eigenvalue weighted by molar-refractivity contribution is -0.134. The van der Waals surface area contributed by atoms with Crippen LogP contribution in [0.4, 0.5) is 5.69 Å². The maximum Gasteiger partial charge on any atom is 0.347 e. The molecule has 0 amide bonds. The molecule has 12 heteroatoms. The second kappa shape index (κ2) is 18.1. The highest BCUT2D eigenvalue weighted by Gasteiger charge is 2.29. The van der Waals surface area contributed by atoms with Gasteiger partial charge in [0.2, 0.25) is 0 Å². The number of nitrogen functional groups attached to an aromatic ring is 1. The molecule has 256 valence electrons. The third-order valence-electron chi connectivity index (χ3n) is 7.72. The number of carboxylic acid groups (broad SMARTS) is 2. The molecule has 1 saturated heterocycles. The van der Waals surface area contributed by atoms with Crippen molar-refractivity contribution >= 4 is 47.1 Å². The molecule has 4 aromatic carbocycles. The van der Waals surface area contributed by atoms with E-state index >= 15 is 0 Å². The zero-order chi connectivity index (χ0) is 35.3. The summed E-state index contributed by atoms with van der Waals surface area (Å²) in [6.45, 7) is 4.67. The summed E-state index contributed by atoms with van der Waals surface area (Å²) < 4.78 is 5.08. The third-order valence-corrected chi connectivity index (χ3v) is 9.66. The minimum Gasteiger partial charge on any atom is -0.507 e. The molecular weight excluding hydrogens is 663 g/mol. The number of phenolic OH excluding ortho intramolecular Hbond substituents is 1. The number of piperazine rings is 1. The molecule has 2 aliphatic rings. The Morgan fingerprint density at radius 3 is 2.14 bits per heavy atom. The number of ether oxygens (including phenoxy) is 1. The number of aliphatic carboxylic acids is 2. The van der Waals surface area contributed by atoms with Gasteiger partial charge in [-0.1, -0.05) is 48.2 Å². The zero-order valence-electron chi connectivity index (χ0n) is 27.2. The van der Waals surface area contributed by atoms with Crippen LogP contribution >= 0.6 is 23.5 Å². The quantitative estimate of drug-likeness (QED) is 0.0586. The number of likely N-dealkylation sites (N-methyl/N-ethyl adjacent to an activating group) is 1. The van der Waals surface area contributed by atoms with Gasteiger partial charge in [-0.15, -0.1) is 11.8 Å². The van der Waals surface area contributed by atoms with Crippen LogP contribution in [0.2, 0.25) is 0 Å². The number of thioether (sulfide) groups is 1. The Balaban J connectivity index is 0.000000189. The van der Waals surface area contributed by atoms with E-state index in [0.717, 1.165) is 19.5 Å². The lowest BCUT2D eigenvalue weighted by atomic mass is 9.96. The van der Waals surface area contributed by atoms with Gasteiger partial charge in [0, 0.05) is 70.8 Å². The van der Waals surface area contributed by atoms with Crippen LogP contribution in [0.5, 0.6) is 11.5 Å². The molecule has 6 rings (SSSR count). The number of benzene rings is 4. The van der Waals surface area contributed by atoms with E-state index in [1.807, 2.05) is 29.6 Å². The number of hydrogen-bond donors (Lipinski definition) is 4. The number of rotatable bonds is 6. The standard InChI is InChI=1S/C20H24N2S2.C13H11NO3.C4H4O4/c1-21-9-11-22(12-10-21)18-13-15-5-3-4-6-19(15)24-20-8-7-16(23-2)14-17(18)20;14-9-6-7-11(12(15)8-9)13(16)17-10-4-2-1-3-5-10;5-3(6)1-2-4(7)8/h3-8,14,18H,9-13H2,1-2H3;1-8,15H,14H2;1-2H,(H,5,6)(H,7,8). The van der Waals surface area contributed by atoms with Crippen LogP contribution in [0.25, 0.3) is 0 Å². The summed E-state index contributed by atoms with van der Waals surface area (Å²) >= 11 is 3.79. The van der Waals surface area contributed by atoms with Gasteiger partial charge in [-0.3, -0.25) is 4.90 Å². The van der Waals surface area contributed by atoms with Crippen molar-refractivity contribution in [2.45, 2.75) is 27.1 Å². The first-order chi connectivity index (χ1) is 23.5. The normalized spacial score (nSPS) is 15.7. The van der Waals surface area contributed by atoms with Crippen LogP contribution in [0.1, 0.15) is 27.5 Å². The lowest BCUT2D eigenvalue weighted by Gasteiger charge is -2.38. The van der Waals surface area contributed by atoms with Crippen LogP contribution in [-0.4, -0.2) is 82.5 Å². The largest absolute Gasteiger partial charge is 0.507 e. The minimum atomic E-state index is -1.26. The molecule has 1 unspecified atom stereocenters. The van der Waals surface area contributed by atoms with Crippen molar-refractivity contribution in [1.29, 1.82) is 0 Å². The molecule has 0 aromatic heterocycles. The first-order valence-electron chi connectivity index (χ1n) is 15.4. The van der Waals surface area contributed by atoms with Gasteiger partial charge in [-0.2, -0.15) is 0 Å². The maximum absolute atomic E-state index is 11.7. The first-order valence-corrected chi connectivity index (χ1v) is 17.4. The number of nitrogens with two attached hydrogens (primary N) is 1. The lowest BCUT2D eigenvalue weighted by Crippen LogP contribution is -2.46. The van der Waals surface area contributed by atoms with Gasteiger partial charge in [-0.05, 0) is 79.4 Å². The van der Waals surface area contributed by atoms with E-state index in [1.54, 1.807) is 24.3 Å². The van der Waals surface area contributed by atoms with Gasteiger partial charge >= 0.3 is 17.9 Å². The molecule has 4 aromatic rings. The van der Waals surface area contributed by atoms with E-state index < -0.39 is 17.9 Å². The molecule has 0 aliphatic carbocycles. The zero-order valence-corrected chi connectivity index (χ0v) is 28.8. The second-order valence-corrected chi connectivity index (χ2v) is 13.1. The van der Waals surface area contributed by atoms with Gasteiger partial charge in [0.15, 0.2) is 0 Å². The molecule has 0 saturated carbocycles. The number of carbonyl (C=O) groups is 3. The minimum absolute atomic E-state index is 0.0862. The summed E-state index contributed by atoms with van der Waals surface area (Å²) in [4.78, 5) is 40.2. The predicted octanol–water partition coefficient (Wildman–Crippen LogP) is 6.31. The number of carbonyl (C=O) groups excluding carboxylic acids is 1. The third kappa shape index (κ3) is 11.1. The molecule has 2 heterocycles. The number of aromatic hydroxyl groups is 1. The van der Waals surface area contributed by atoms with Crippen molar-refractivity contribution in [2.24, 2.45) is 0 Å². The molecule has 5 N–H and O–H groups in total. The summed E-state index contributed by atoms with van der Waals surface area (Å²) in [5.74, 6) is -2.90. The molecule has 49 heavy (non-hydrogen) atoms. The van der Waals surface area contributed by atoms with E-state index in [9.17, 15) is 19.5 Å². The molecule has 1 atom stereocenters. The van der Waals surface area contributed by atoms with E-state index in [1.165, 1.54) is 57.1 Å². The van der Waals surface area contributed by atoms with Crippen molar-refractivity contribution in [2.75, 3.05) is 45.2 Å². The molecule has 1 fully saturated rings. The molecule has 0 spiro atoms. The smallest absolute Gasteiger partial charge is 0.347 e. The Morgan fingerprint density at radius 2 is 1.51 bits per heavy atom. The number of nitrogens with zero attached hydrogens (tertiary/aromatic N) is 2. The average Bonchev–Trinajstić information content (AvgIpc) is 3.25. The number of para-hydroxylation sites is 1. The Hall–Kier alpha value is -4.75. The van der Waals surface area contributed by atoms with Crippen molar-refractivity contribution in [3.05, 3.63) is 120 Å². The van der Waals surface area contributed by atoms with Gasteiger partial charge in [0.05, 0.1) is 0 Å². The summed E-state index contributed by atoms with van der Waals surface area (Å²) in [6, 6.07) is 29.4. The summed E-state index contributed by atoms with van der Waals surface area (Å²) in [5, 5.41) is 25.2. The molecule has 2 aliphatic heterocycles. The van der Waals surface area contributed by atoms with Crippen molar-refractivity contribution in [1.82, 2.24) is 9.80 Å². The van der Waals surface area contributed by atoms with Crippen LogP contribution < -0.4 is 10.5 Å². The van der Waals surface area contributed by atoms with Gasteiger partial charge in [0.25, 0.3) is 0 Å². The maximum atomic E-state index is 11.7. The first kappa shape index (κ1) is 37.1. The fourth-order valence-electron chi connectivity index (χ4n) is 5.19. The van der Waals surface area contributed by atoms with Crippen molar-refractivity contribution < 1.29 is 34.4 Å². The summed E-state index contributed by atoms with van der Waals surface area (Å²) in [6.07, 6.45) is 4.41. The fraction of sp³-hybridized carbons (Fsp3) is 0.216. The SMILES string of the molecule is CSc1ccc2c(c1)C(N1CCN(C)CC1)Cc1ccccc1S2.Nc1ccc(C(=O)Oc2ccccc2)c(O)c1.O=C(O)C=CC(=O)O. The van der Waals surface area contributed by atoms with E-state index in [4.69, 9.17) is 20.7 Å². The number of anilines is 1. The van der Waals surface area contributed by atoms with Gasteiger partial charge < -0.3 is 30.7 Å². The molecule has 0 radical (unpaired) electrons. The van der Waals surface area contributed by atoms with E-state index in [-0.39, 0.29) is 11.3 Å². The number of hydrogen-bond acceptors (Lipinski definition) is 10. The molecule has 0 bridgehead atoms. The molecular formula is C37H39N3O7S2.